The lowest BCUT2D eigenvalue weighted by Crippen LogP contribution is -2.30. The average Bonchev–Trinajstić information content (AvgIpc) is 3.57. The summed E-state index contributed by atoms with van der Waals surface area (Å²) in [6, 6.07) is 33.5. The first-order valence-corrected chi connectivity index (χ1v) is 16.3. The molecule has 0 aliphatic rings. The smallest absolute Gasteiger partial charge is 0.272 e. The fourth-order valence-electron chi connectivity index (χ4n) is 4.28. The summed E-state index contributed by atoms with van der Waals surface area (Å²) in [5.74, 6) is -1.02. The van der Waals surface area contributed by atoms with Crippen LogP contribution in [0.2, 0.25) is 0 Å². The number of carbonyl (C=O) groups is 3. The number of nitrogens with one attached hydrogen (secondary N) is 3. The number of hydrogen-bond acceptors (Lipinski definition) is 7. The molecular weight excluding hydrogens is 625 g/mol. The highest BCUT2D eigenvalue weighted by Crippen LogP contribution is 2.37. The highest BCUT2D eigenvalue weighted by molar-refractivity contribution is 8.00. The van der Waals surface area contributed by atoms with Crippen LogP contribution in [0.25, 0.3) is 6.08 Å². The molecule has 5 rings (SSSR count). The van der Waals surface area contributed by atoms with E-state index < -0.39 is 27.1 Å². The van der Waals surface area contributed by atoms with Crippen molar-refractivity contribution in [3.8, 4) is 0 Å². The topological polar surface area (TPSA) is 161 Å². The minimum absolute atomic E-state index is 0.0307. The van der Waals surface area contributed by atoms with Crippen LogP contribution in [0.1, 0.15) is 26.9 Å². The fraction of sp³-hybridized carbons (Fsp3) is 0.0294. The number of hydrogen-bond donors (Lipinski definition) is 4. The SMILES string of the molecule is NS(=O)(=O)c1ccc(NC(=O)C(Sc2cccc(NC(=O)/C(=C/c3ccco3)NC(=O)c3ccccc3)c2)c2ccccc2)cc1. The molecular formula is C34H28N4O6S2. The molecule has 1 aromatic heterocycles. The van der Waals surface area contributed by atoms with E-state index in [2.05, 4.69) is 16.0 Å². The summed E-state index contributed by atoms with van der Waals surface area (Å²) in [4.78, 5) is 40.4. The van der Waals surface area contributed by atoms with Crippen molar-refractivity contribution < 1.29 is 27.2 Å². The maximum absolute atomic E-state index is 13.5. The molecule has 0 aliphatic carbocycles. The highest BCUT2D eigenvalue weighted by Gasteiger charge is 2.23. The summed E-state index contributed by atoms with van der Waals surface area (Å²) in [5, 5.41) is 12.8. The Kier molecular flexibility index (Phi) is 10.1. The number of benzene rings is 4. The molecule has 12 heteroatoms. The lowest BCUT2D eigenvalue weighted by molar-refractivity contribution is -0.116. The van der Waals surface area contributed by atoms with Crippen LogP contribution in [0.15, 0.2) is 147 Å². The number of nitrogens with two attached hydrogens (primary N) is 1. The number of sulfonamides is 1. The standard InChI is InChI=1S/C34H28N4O6S2/c35-46(42,43)29-18-16-25(17-19-29)36-34(41)31(23-9-3-1-4-10-23)45-28-15-7-13-26(21-28)37-33(40)30(22-27-14-8-20-44-27)38-32(39)24-11-5-2-6-12-24/h1-22,31H,(H,36,41)(H,37,40)(H,38,39)(H2,35,42,43)/b30-22-. The molecule has 1 unspecified atom stereocenters. The van der Waals surface area contributed by atoms with Crippen LogP contribution in [-0.2, 0) is 19.6 Å². The van der Waals surface area contributed by atoms with E-state index in [0.717, 1.165) is 5.56 Å². The van der Waals surface area contributed by atoms with E-state index in [1.165, 1.54) is 48.4 Å². The molecule has 0 radical (unpaired) electrons. The molecule has 5 aromatic rings. The van der Waals surface area contributed by atoms with Crippen molar-refractivity contribution in [2.75, 3.05) is 10.6 Å². The van der Waals surface area contributed by atoms with Crippen molar-refractivity contribution in [2.45, 2.75) is 15.0 Å². The molecule has 0 fully saturated rings. The number of primary sulfonamides is 1. The van der Waals surface area contributed by atoms with Gasteiger partial charge in [-0.1, -0.05) is 54.6 Å². The number of anilines is 2. The molecule has 1 atom stereocenters. The van der Waals surface area contributed by atoms with E-state index >= 15 is 0 Å². The summed E-state index contributed by atoms with van der Waals surface area (Å²) in [6.45, 7) is 0. The second-order valence-electron chi connectivity index (χ2n) is 9.84. The number of furan rings is 1. The normalized spacial score (nSPS) is 12.2. The Morgan fingerprint density at radius 3 is 2.11 bits per heavy atom. The molecule has 232 valence electrons. The lowest BCUT2D eigenvalue weighted by Gasteiger charge is -2.18. The molecule has 0 spiro atoms. The van der Waals surface area contributed by atoms with Gasteiger partial charge in [-0.05, 0) is 72.3 Å². The number of thioether (sulfide) groups is 1. The molecule has 46 heavy (non-hydrogen) atoms. The van der Waals surface area contributed by atoms with Crippen molar-refractivity contribution in [1.29, 1.82) is 0 Å². The lowest BCUT2D eigenvalue weighted by atomic mass is 10.1. The highest BCUT2D eigenvalue weighted by atomic mass is 32.2. The molecule has 0 aliphatic heterocycles. The van der Waals surface area contributed by atoms with Gasteiger partial charge < -0.3 is 20.4 Å². The molecule has 10 nitrogen and oxygen atoms in total. The zero-order chi connectivity index (χ0) is 32.5. The number of amides is 3. The van der Waals surface area contributed by atoms with E-state index in [0.29, 0.717) is 27.6 Å². The van der Waals surface area contributed by atoms with Crippen LogP contribution < -0.4 is 21.1 Å². The first kappa shape index (κ1) is 32.0. The summed E-state index contributed by atoms with van der Waals surface area (Å²) in [5.41, 5.74) is 1.91. The summed E-state index contributed by atoms with van der Waals surface area (Å²) in [6.07, 6.45) is 2.89. The van der Waals surface area contributed by atoms with E-state index in [4.69, 9.17) is 9.56 Å². The zero-order valence-electron chi connectivity index (χ0n) is 24.1. The quantitative estimate of drug-likeness (QED) is 0.103. The van der Waals surface area contributed by atoms with Crippen LogP contribution in [0, 0.1) is 0 Å². The Hall–Kier alpha value is -5.43. The molecule has 0 bridgehead atoms. The van der Waals surface area contributed by atoms with Gasteiger partial charge in [0.05, 0.1) is 11.2 Å². The van der Waals surface area contributed by atoms with E-state index in [-0.39, 0.29) is 16.5 Å². The Balaban J connectivity index is 1.34. The zero-order valence-corrected chi connectivity index (χ0v) is 25.8. The fourth-order valence-corrected chi connectivity index (χ4v) is 5.88. The van der Waals surface area contributed by atoms with Crippen molar-refractivity contribution in [3.63, 3.8) is 0 Å². The van der Waals surface area contributed by atoms with E-state index in [9.17, 15) is 22.8 Å². The number of carbonyl (C=O) groups excluding carboxylic acids is 3. The predicted octanol–water partition coefficient (Wildman–Crippen LogP) is 5.81. The third-order valence-corrected chi connectivity index (χ3v) is 8.67. The van der Waals surface area contributed by atoms with Crippen LogP contribution in [0.3, 0.4) is 0 Å². The van der Waals surface area contributed by atoms with Crippen molar-refractivity contribution >= 4 is 57.0 Å². The van der Waals surface area contributed by atoms with Gasteiger partial charge in [-0.25, -0.2) is 13.6 Å². The molecule has 3 amide bonds. The Morgan fingerprint density at radius 1 is 0.761 bits per heavy atom. The number of rotatable bonds is 11. The van der Waals surface area contributed by atoms with Gasteiger partial charge in [-0.2, -0.15) is 0 Å². The third kappa shape index (κ3) is 8.60. The maximum atomic E-state index is 13.5. The van der Waals surface area contributed by atoms with Gasteiger partial charge in [-0.15, -0.1) is 11.8 Å². The minimum Gasteiger partial charge on any atom is -0.465 e. The van der Waals surface area contributed by atoms with Crippen LogP contribution >= 0.6 is 11.8 Å². The third-order valence-electron chi connectivity index (χ3n) is 6.50. The van der Waals surface area contributed by atoms with Gasteiger partial charge in [0.2, 0.25) is 15.9 Å². The molecule has 0 saturated heterocycles. The van der Waals surface area contributed by atoms with Gasteiger partial charge in [0.1, 0.15) is 16.7 Å². The van der Waals surface area contributed by atoms with Crippen molar-refractivity contribution in [2.24, 2.45) is 5.14 Å². The Labute approximate surface area is 269 Å². The molecule has 1 heterocycles. The Bertz CT molecular complexity index is 1960. The van der Waals surface area contributed by atoms with Crippen molar-refractivity contribution in [3.05, 3.63) is 150 Å². The van der Waals surface area contributed by atoms with Crippen LogP contribution in [-0.4, -0.2) is 26.1 Å². The van der Waals surface area contributed by atoms with Gasteiger partial charge in [0, 0.05) is 27.9 Å². The summed E-state index contributed by atoms with van der Waals surface area (Å²) >= 11 is 1.26. The van der Waals surface area contributed by atoms with Gasteiger partial charge >= 0.3 is 0 Å². The molecule has 5 N–H and O–H groups in total. The first-order valence-electron chi connectivity index (χ1n) is 13.8. The molecule has 4 aromatic carbocycles. The maximum Gasteiger partial charge on any atom is 0.272 e. The second kappa shape index (κ2) is 14.6. The second-order valence-corrected chi connectivity index (χ2v) is 12.6. The minimum atomic E-state index is -3.87. The van der Waals surface area contributed by atoms with E-state index in [1.807, 2.05) is 30.3 Å². The first-order chi connectivity index (χ1) is 22.2. The van der Waals surface area contributed by atoms with Crippen LogP contribution in [0.5, 0.6) is 0 Å². The van der Waals surface area contributed by atoms with E-state index in [1.54, 1.807) is 66.7 Å². The van der Waals surface area contributed by atoms with Crippen LogP contribution in [0.4, 0.5) is 11.4 Å². The summed E-state index contributed by atoms with van der Waals surface area (Å²) in [7, 11) is -3.87. The van der Waals surface area contributed by atoms with Gasteiger partial charge in [0.25, 0.3) is 11.8 Å². The average molecular weight is 653 g/mol. The predicted molar refractivity (Wildman–Crippen MR) is 177 cm³/mol. The van der Waals surface area contributed by atoms with Crippen molar-refractivity contribution in [1.82, 2.24) is 5.32 Å². The monoisotopic (exact) mass is 652 g/mol. The summed E-state index contributed by atoms with van der Waals surface area (Å²) < 4.78 is 28.6. The molecule has 0 saturated carbocycles. The Morgan fingerprint density at radius 2 is 1.46 bits per heavy atom. The largest absolute Gasteiger partial charge is 0.465 e. The van der Waals surface area contributed by atoms with Gasteiger partial charge in [-0.3, -0.25) is 14.4 Å². The van der Waals surface area contributed by atoms with Gasteiger partial charge in [0.15, 0.2) is 0 Å².